The molecule has 0 radical (unpaired) electrons. The molecule has 170 valence electrons. The number of aryl methyl sites for hydroxylation is 1. The van der Waals surface area contributed by atoms with Gasteiger partial charge in [0.25, 0.3) is 0 Å². The highest BCUT2D eigenvalue weighted by atomic mass is 16.6. The summed E-state index contributed by atoms with van der Waals surface area (Å²) in [5.74, 6) is -1.05. The summed E-state index contributed by atoms with van der Waals surface area (Å²) < 4.78 is 17.7. The molecule has 0 N–H and O–H groups in total. The minimum absolute atomic E-state index is 0.169. The normalized spacial score (nSPS) is 34.2. The number of rotatable bonds is 1. The van der Waals surface area contributed by atoms with Gasteiger partial charge in [0.05, 0.1) is 11.2 Å². The number of hydrogen-bond acceptors (Lipinski definition) is 5. The largest absolute Gasteiger partial charge is 0.455 e. The van der Waals surface area contributed by atoms with E-state index < -0.39 is 18.2 Å². The quantitative estimate of drug-likeness (QED) is 0.265. The standard InChI is InChI=1S/C27H32O5/c1-17(2)22-16-21-18(3)25(28)31-23(21)24-27(4,32-24)15-11-7-5-6-8-12-19-13-9-10-14-20(19)26(29)30-22/h5-6,9-10,13-14,21-24H,1,3,7-8,11-12,15-16H2,2,4H3/b6-5-/t21-,22-,23-,24-,27+/m0/s1. The summed E-state index contributed by atoms with van der Waals surface area (Å²) in [4.78, 5) is 25.5. The fraction of sp³-hybridized carbons (Fsp3) is 0.481. The van der Waals surface area contributed by atoms with Crippen LogP contribution in [0.5, 0.6) is 0 Å². The van der Waals surface area contributed by atoms with Crippen LogP contribution in [0, 0.1) is 5.92 Å². The van der Waals surface area contributed by atoms with Gasteiger partial charge in [-0.3, -0.25) is 0 Å². The third-order valence-corrected chi connectivity index (χ3v) is 6.88. The van der Waals surface area contributed by atoms with Crippen LogP contribution in [0.25, 0.3) is 0 Å². The van der Waals surface area contributed by atoms with Crippen LogP contribution in [0.1, 0.15) is 61.9 Å². The Kier molecular flexibility index (Phi) is 6.38. The molecule has 32 heavy (non-hydrogen) atoms. The molecule has 1 aromatic rings. The van der Waals surface area contributed by atoms with Crippen molar-refractivity contribution < 1.29 is 23.8 Å². The van der Waals surface area contributed by atoms with Crippen molar-refractivity contribution in [2.75, 3.05) is 0 Å². The lowest BCUT2D eigenvalue weighted by molar-refractivity contribution is -0.140. The van der Waals surface area contributed by atoms with Gasteiger partial charge in [-0.2, -0.15) is 0 Å². The zero-order valence-electron chi connectivity index (χ0n) is 19.0. The second-order valence-corrected chi connectivity index (χ2v) is 9.39. The molecule has 3 aliphatic rings. The molecule has 5 atom stereocenters. The SMILES string of the molecule is C=C(C)[C@@H]1C[C@H]2C(=C)C(=O)O[C@@H]2[C@@H]2O[C@]2(C)CCC/C=C\CCc2ccccc2C(=O)O1. The van der Waals surface area contributed by atoms with Crippen molar-refractivity contribution in [3.8, 4) is 0 Å². The van der Waals surface area contributed by atoms with Crippen LogP contribution < -0.4 is 0 Å². The van der Waals surface area contributed by atoms with Crippen molar-refractivity contribution in [1.82, 2.24) is 0 Å². The lowest BCUT2D eigenvalue weighted by atomic mass is 9.84. The molecule has 0 unspecified atom stereocenters. The number of carbonyl (C=O) groups is 2. The molecule has 5 nitrogen and oxygen atoms in total. The summed E-state index contributed by atoms with van der Waals surface area (Å²) in [6, 6.07) is 7.57. The number of carbonyl (C=O) groups excluding carboxylic acids is 2. The maximum absolute atomic E-state index is 13.1. The van der Waals surface area contributed by atoms with Crippen molar-refractivity contribution in [2.45, 2.75) is 76.3 Å². The second kappa shape index (κ2) is 9.07. The van der Waals surface area contributed by atoms with Crippen LogP contribution in [0.15, 0.2) is 60.7 Å². The highest BCUT2D eigenvalue weighted by Crippen LogP contribution is 2.49. The number of hydrogen-bond donors (Lipinski definition) is 0. The van der Waals surface area contributed by atoms with Gasteiger partial charge in [-0.15, -0.1) is 0 Å². The van der Waals surface area contributed by atoms with E-state index in [1.807, 2.05) is 25.1 Å². The van der Waals surface area contributed by atoms with Crippen LogP contribution in [0.3, 0.4) is 0 Å². The van der Waals surface area contributed by atoms with E-state index in [-0.39, 0.29) is 23.6 Å². The predicted octanol–water partition coefficient (Wildman–Crippen LogP) is 5.11. The van der Waals surface area contributed by atoms with E-state index in [1.54, 1.807) is 6.07 Å². The Balaban J connectivity index is 1.63. The summed E-state index contributed by atoms with van der Waals surface area (Å²) in [6.07, 6.45) is 8.13. The molecular formula is C27H32O5. The van der Waals surface area contributed by atoms with Crippen LogP contribution in [0.4, 0.5) is 0 Å². The minimum Gasteiger partial charge on any atom is -0.455 e. The van der Waals surface area contributed by atoms with Gasteiger partial charge in [0.2, 0.25) is 0 Å². The summed E-state index contributed by atoms with van der Waals surface area (Å²) >= 11 is 0. The van der Waals surface area contributed by atoms with Gasteiger partial charge in [-0.05, 0) is 69.6 Å². The van der Waals surface area contributed by atoms with Crippen LogP contribution in [-0.4, -0.2) is 35.9 Å². The van der Waals surface area contributed by atoms with E-state index in [9.17, 15) is 9.59 Å². The molecule has 3 heterocycles. The molecule has 2 saturated heterocycles. The lowest BCUT2D eigenvalue weighted by Gasteiger charge is -2.24. The molecule has 0 aromatic heterocycles. The fourth-order valence-corrected chi connectivity index (χ4v) is 4.81. The van der Waals surface area contributed by atoms with Gasteiger partial charge in [0.1, 0.15) is 18.3 Å². The van der Waals surface area contributed by atoms with Crippen molar-refractivity contribution in [3.05, 3.63) is 71.8 Å². The average molecular weight is 437 g/mol. The molecule has 0 saturated carbocycles. The van der Waals surface area contributed by atoms with Crippen molar-refractivity contribution >= 4 is 11.9 Å². The Labute approximate surface area is 190 Å². The Hall–Kier alpha value is -2.66. The molecule has 2 fully saturated rings. The maximum atomic E-state index is 13.1. The van der Waals surface area contributed by atoms with E-state index in [1.165, 1.54) is 0 Å². The van der Waals surface area contributed by atoms with Gasteiger partial charge < -0.3 is 14.2 Å². The molecule has 0 amide bonds. The molecule has 5 heteroatoms. The Morgan fingerprint density at radius 2 is 1.84 bits per heavy atom. The summed E-state index contributed by atoms with van der Waals surface area (Å²) in [6.45, 7) is 11.9. The van der Waals surface area contributed by atoms with Gasteiger partial charge in [-0.25, -0.2) is 9.59 Å². The third kappa shape index (κ3) is 4.58. The van der Waals surface area contributed by atoms with Gasteiger partial charge in [0, 0.05) is 11.5 Å². The van der Waals surface area contributed by atoms with Gasteiger partial charge in [0.15, 0.2) is 0 Å². The van der Waals surface area contributed by atoms with E-state index in [2.05, 4.69) is 32.2 Å². The maximum Gasteiger partial charge on any atom is 0.339 e. The molecule has 3 aliphatic heterocycles. The summed E-state index contributed by atoms with van der Waals surface area (Å²) in [7, 11) is 0. The van der Waals surface area contributed by atoms with Crippen LogP contribution in [-0.2, 0) is 25.4 Å². The van der Waals surface area contributed by atoms with E-state index in [0.717, 1.165) is 43.2 Å². The zero-order chi connectivity index (χ0) is 22.9. The van der Waals surface area contributed by atoms with E-state index in [0.29, 0.717) is 17.6 Å². The zero-order valence-corrected chi connectivity index (χ0v) is 19.0. The van der Waals surface area contributed by atoms with Gasteiger partial charge >= 0.3 is 11.9 Å². The van der Waals surface area contributed by atoms with Crippen molar-refractivity contribution in [2.24, 2.45) is 5.92 Å². The number of esters is 2. The number of allylic oxidation sites excluding steroid dienone is 2. The number of benzene rings is 1. The highest BCUT2D eigenvalue weighted by molar-refractivity contribution is 5.92. The Bertz CT molecular complexity index is 961. The molecular weight excluding hydrogens is 404 g/mol. The van der Waals surface area contributed by atoms with Crippen molar-refractivity contribution in [1.29, 1.82) is 0 Å². The fourth-order valence-electron chi connectivity index (χ4n) is 4.81. The van der Waals surface area contributed by atoms with Crippen molar-refractivity contribution in [3.63, 3.8) is 0 Å². The highest BCUT2D eigenvalue weighted by Gasteiger charge is 2.61. The number of ether oxygens (including phenoxy) is 3. The van der Waals surface area contributed by atoms with Gasteiger partial charge in [-0.1, -0.05) is 43.5 Å². The van der Waals surface area contributed by atoms with E-state index >= 15 is 0 Å². The molecule has 0 spiro atoms. The first kappa shape index (κ1) is 22.5. The summed E-state index contributed by atoms with van der Waals surface area (Å²) in [5.41, 5.74) is 2.37. The Morgan fingerprint density at radius 1 is 1.09 bits per heavy atom. The number of fused-ring (bicyclic) bond motifs is 4. The lowest BCUT2D eigenvalue weighted by Crippen LogP contribution is -2.32. The predicted molar refractivity (Wildman–Crippen MR) is 122 cm³/mol. The topological polar surface area (TPSA) is 65.1 Å². The van der Waals surface area contributed by atoms with E-state index in [4.69, 9.17) is 14.2 Å². The smallest absolute Gasteiger partial charge is 0.339 e. The number of epoxide rings is 1. The molecule has 1 aromatic carbocycles. The average Bonchev–Trinajstić information content (AvgIpc) is 3.35. The third-order valence-electron chi connectivity index (χ3n) is 6.88. The summed E-state index contributed by atoms with van der Waals surface area (Å²) in [5, 5.41) is 0. The first-order chi connectivity index (χ1) is 15.3. The van der Waals surface area contributed by atoms with Crippen LogP contribution >= 0.6 is 0 Å². The molecule has 4 rings (SSSR count). The second-order valence-electron chi connectivity index (χ2n) is 9.39. The first-order valence-electron chi connectivity index (χ1n) is 11.5. The monoisotopic (exact) mass is 436 g/mol. The molecule has 0 aliphatic carbocycles. The number of cyclic esters (lactones) is 1. The Morgan fingerprint density at radius 3 is 2.62 bits per heavy atom. The van der Waals surface area contributed by atoms with Crippen LogP contribution in [0.2, 0.25) is 0 Å². The minimum atomic E-state index is -0.546. The molecule has 0 bridgehead atoms. The first-order valence-corrected chi connectivity index (χ1v) is 11.5.